The molecule has 9 nitrogen and oxygen atoms in total. The van der Waals surface area contributed by atoms with Gasteiger partial charge in [-0.3, -0.25) is 0 Å². The lowest BCUT2D eigenvalue weighted by atomic mass is 9.90. The third kappa shape index (κ3) is 15.3. The molecule has 308 valence electrons. The monoisotopic (exact) mass is 772 g/mol. The van der Waals surface area contributed by atoms with Crippen molar-refractivity contribution in [2.24, 2.45) is 5.92 Å². The molecule has 5 atom stereocenters. The van der Waals surface area contributed by atoms with Gasteiger partial charge in [0.15, 0.2) is 6.29 Å². The number of carbonyl (C=O) groups is 2. The Labute approximate surface area is 336 Å². The number of nitrogens with one attached hydrogen (secondary N) is 2. The average molecular weight is 772 g/mol. The van der Waals surface area contributed by atoms with Gasteiger partial charge in [-0.05, 0) is 48.2 Å². The lowest BCUT2D eigenvalue weighted by Crippen LogP contribution is -2.47. The molecule has 0 radical (unpaired) electrons. The molecule has 0 aliphatic carbocycles. The molecular formula is C47H69N3O6. The number of amides is 2. The van der Waals surface area contributed by atoms with E-state index in [9.17, 15) is 14.7 Å². The summed E-state index contributed by atoms with van der Waals surface area (Å²) < 4.78 is 18.6. The van der Waals surface area contributed by atoms with Crippen LogP contribution in [0.1, 0.15) is 138 Å². The van der Waals surface area contributed by atoms with E-state index in [1.54, 1.807) is 0 Å². The van der Waals surface area contributed by atoms with Crippen molar-refractivity contribution in [3.05, 3.63) is 107 Å². The van der Waals surface area contributed by atoms with Crippen molar-refractivity contribution >= 4 is 12.0 Å². The second-order valence-electron chi connectivity index (χ2n) is 15.5. The molecule has 1 saturated heterocycles. The molecule has 3 N–H and O–H groups in total. The molecule has 0 aromatic heterocycles. The van der Waals surface area contributed by atoms with Crippen molar-refractivity contribution in [2.45, 2.75) is 142 Å². The Morgan fingerprint density at radius 3 is 1.89 bits per heavy atom. The Morgan fingerprint density at radius 2 is 1.30 bits per heavy atom. The topological polar surface area (TPSA) is 109 Å². The number of hydrogen-bond donors (Lipinski definition) is 3. The number of carbonyl (C=O) groups excluding carboxylic acids is 2. The zero-order chi connectivity index (χ0) is 40.0. The number of rotatable bonds is 25. The average Bonchev–Trinajstić information content (AvgIpc) is 3.23. The fourth-order valence-corrected chi connectivity index (χ4v) is 7.48. The zero-order valence-corrected chi connectivity index (χ0v) is 34.6. The lowest BCUT2D eigenvalue weighted by molar-refractivity contribution is -0.276. The Hall–Kier alpha value is -3.76. The van der Waals surface area contributed by atoms with Gasteiger partial charge in [0.05, 0.1) is 25.9 Å². The Bertz CT molecular complexity index is 1500. The van der Waals surface area contributed by atoms with Crippen LogP contribution in [0.15, 0.2) is 78.9 Å². The summed E-state index contributed by atoms with van der Waals surface area (Å²) in [6, 6.07) is 24.3. The summed E-state index contributed by atoms with van der Waals surface area (Å²) in [7, 11) is 1.32. The molecule has 3 aromatic carbocycles. The predicted molar refractivity (Wildman–Crippen MR) is 224 cm³/mol. The highest BCUT2D eigenvalue weighted by Gasteiger charge is 2.39. The number of aliphatic hydroxyl groups excluding tert-OH is 1. The Morgan fingerprint density at radius 1 is 0.732 bits per heavy atom. The zero-order valence-electron chi connectivity index (χ0n) is 34.6. The molecule has 0 bridgehead atoms. The van der Waals surface area contributed by atoms with Crippen molar-refractivity contribution in [3.63, 3.8) is 0 Å². The fourth-order valence-electron chi connectivity index (χ4n) is 7.48. The van der Waals surface area contributed by atoms with Crippen molar-refractivity contribution in [1.29, 1.82) is 0 Å². The highest BCUT2D eigenvalue weighted by Crippen LogP contribution is 2.42. The number of ether oxygens (including phenoxy) is 3. The van der Waals surface area contributed by atoms with Gasteiger partial charge in [-0.15, -0.1) is 0 Å². The van der Waals surface area contributed by atoms with Gasteiger partial charge in [-0.25, -0.2) is 9.59 Å². The maximum atomic E-state index is 12.9. The van der Waals surface area contributed by atoms with Crippen LogP contribution in [-0.4, -0.2) is 60.9 Å². The van der Waals surface area contributed by atoms with Gasteiger partial charge < -0.3 is 34.9 Å². The summed E-state index contributed by atoms with van der Waals surface area (Å²) in [6.45, 7) is 10.1. The summed E-state index contributed by atoms with van der Waals surface area (Å²) in [5, 5.41) is 15.3. The quantitative estimate of drug-likeness (QED) is 0.0582. The first kappa shape index (κ1) is 44.9. The molecule has 0 saturated carbocycles. The van der Waals surface area contributed by atoms with Gasteiger partial charge in [0.1, 0.15) is 6.04 Å². The predicted octanol–water partition coefficient (Wildman–Crippen LogP) is 9.58. The van der Waals surface area contributed by atoms with Crippen LogP contribution in [0.2, 0.25) is 0 Å². The summed E-state index contributed by atoms with van der Waals surface area (Å²) in [6.07, 6.45) is 14.9. The van der Waals surface area contributed by atoms with Crippen LogP contribution in [0.4, 0.5) is 4.79 Å². The van der Waals surface area contributed by atoms with Crippen LogP contribution in [0.3, 0.4) is 0 Å². The van der Waals surface area contributed by atoms with E-state index in [1.165, 1.54) is 84.2 Å². The molecule has 1 fully saturated rings. The molecule has 1 aliphatic rings. The fraction of sp³-hybridized carbons (Fsp3) is 0.574. The van der Waals surface area contributed by atoms with Gasteiger partial charge in [-0.1, -0.05) is 164 Å². The number of urea groups is 1. The highest BCUT2D eigenvalue weighted by molar-refractivity contribution is 5.83. The minimum atomic E-state index is -0.805. The van der Waals surface area contributed by atoms with Crippen LogP contribution in [0.25, 0.3) is 0 Å². The molecule has 0 spiro atoms. The van der Waals surface area contributed by atoms with Gasteiger partial charge in [0.2, 0.25) is 0 Å². The summed E-state index contributed by atoms with van der Waals surface area (Å²) in [4.78, 5) is 28.0. The number of esters is 1. The maximum Gasteiger partial charge on any atom is 0.328 e. The van der Waals surface area contributed by atoms with Crippen molar-refractivity contribution < 1.29 is 28.9 Å². The number of hydrogen-bond acceptors (Lipinski definition) is 7. The first-order chi connectivity index (χ1) is 27.3. The summed E-state index contributed by atoms with van der Waals surface area (Å²) in [5.74, 6) is -0.385. The normalized spacial score (nSPS) is 18.8. The minimum Gasteiger partial charge on any atom is -0.467 e. The maximum absolute atomic E-state index is 12.9. The molecule has 0 unspecified atom stereocenters. The SMILES string of the molecule is CCCCCCCCN(CCCCCCCC)C[C@@H]1O[C@H](c2ccc(CNC(=O)N[C@@H](Cc3ccccc3)C(=O)OC)cc2)O[C@H](c2ccc(CO)cc2)[C@@H]1C. The number of unbranched alkanes of at least 4 members (excludes halogenated alkanes) is 10. The molecule has 3 aromatic rings. The van der Waals surface area contributed by atoms with Crippen molar-refractivity contribution in [2.75, 3.05) is 26.7 Å². The molecule has 4 rings (SSSR count). The summed E-state index contributed by atoms with van der Waals surface area (Å²) >= 11 is 0. The largest absolute Gasteiger partial charge is 0.467 e. The second kappa shape index (κ2) is 25.5. The van der Waals surface area contributed by atoms with Crippen LogP contribution in [-0.2, 0) is 38.6 Å². The van der Waals surface area contributed by atoms with Crippen LogP contribution >= 0.6 is 0 Å². The minimum absolute atomic E-state index is 0.00395. The number of nitrogens with zero attached hydrogens (tertiary/aromatic N) is 1. The van der Waals surface area contributed by atoms with E-state index >= 15 is 0 Å². The van der Waals surface area contributed by atoms with E-state index in [0.717, 1.165) is 47.5 Å². The van der Waals surface area contributed by atoms with Gasteiger partial charge in [0.25, 0.3) is 0 Å². The first-order valence-electron chi connectivity index (χ1n) is 21.3. The molecule has 1 heterocycles. The number of aliphatic hydroxyl groups is 1. The van der Waals surface area contributed by atoms with Crippen molar-refractivity contribution in [1.82, 2.24) is 15.5 Å². The standard InChI is InChI=1S/C47H69N3O6/c1-5-7-9-11-13-18-30-50(31-19-14-12-10-8-6-2)34-43-36(3)44(40-26-24-39(35-51)25-27-40)56-46(55-43)41-28-22-38(23-29-41)33-48-47(53)49-42(45(52)54-4)32-37-20-16-15-17-21-37/h15-17,20-29,36,42-44,46,51H,5-14,18-19,30-35H2,1-4H3,(H2,48,49,53)/t36-,42+,43+,44+,46+/m1/s1. The smallest absolute Gasteiger partial charge is 0.328 e. The molecule has 9 heteroatoms. The third-order valence-electron chi connectivity index (χ3n) is 11.0. The summed E-state index contributed by atoms with van der Waals surface area (Å²) in [5.41, 5.74) is 4.70. The van der Waals surface area contributed by atoms with Crippen LogP contribution in [0.5, 0.6) is 0 Å². The van der Waals surface area contributed by atoms with E-state index in [0.29, 0.717) is 6.42 Å². The molecular weight excluding hydrogens is 703 g/mol. The van der Waals surface area contributed by atoms with E-state index in [2.05, 4.69) is 48.4 Å². The Balaban J connectivity index is 1.43. The third-order valence-corrected chi connectivity index (χ3v) is 11.0. The van der Waals surface area contributed by atoms with E-state index in [4.69, 9.17) is 14.2 Å². The van der Waals surface area contributed by atoms with Gasteiger partial charge >= 0.3 is 12.0 Å². The van der Waals surface area contributed by atoms with Crippen LogP contribution < -0.4 is 10.6 Å². The highest BCUT2D eigenvalue weighted by atomic mass is 16.7. The van der Waals surface area contributed by atoms with E-state index in [1.807, 2.05) is 66.7 Å². The molecule has 2 amide bonds. The van der Waals surface area contributed by atoms with Gasteiger partial charge in [0, 0.05) is 31.0 Å². The van der Waals surface area contributed by atoms with E-state index in [-0.39, 0.29) is 31.3 Å². The molecule has 56 heavy (non-hydrogen) atoms. The Kier molecular flexibility index (Phi) is 20.5. The molecule has 1 aliphatic heterocycles. The van der Waals surface area contributed by atoms with Crippen molar-refractivity contribution in [3.8, 4) is 0 Å². The van der Waals surface area contributed by atoms with Crippen LogP contribution in [0, 0.1) is 5.92 Å². The number of methoxy groups -OCH3 is 1. The lowest BCUT2D eigenvalue weighted by Gasteiger charge is -2.43. The number of benzene rings is 3. The van der Waals surface area contributed by atoms with Gasteiger partial charge in [-0.2, -0.15) is 0 Å². The first-order valence-corrected chi connectivity index (χ1v) is 21.3. The second-order valence-corrected chi connectivity index (χ2v) is 15.5. The van der Waals surface area contributed by atoms with E-state index < -0.39 is 24.3 Å².